The average Bonchev–Trinajstić information content (AvgIpc) is 3.15. The van der Waals surface area contributed by atoms with Crippen LogP contribution in [-0.4, -0.2) is 28.6 Å². The lowest BCUT2D eigenvalue weighted by Crippen LogP contribution is -2.25. The third-order valence-electron chi connectivity index (χ3n) is 3.53. The monoisotopic (exact) mass is 391 g/mol. The minimum absolute atomic E-state index is 0.0245. The Hall–Kier alpha value is -2.55. The van der Waals surface area contributed by atoms with E-state index in [1.807, 2.05) is 13.8 Å². The number of nitrogens with zero attached hydrogens (tertiary/aromatic N) is 1. The number of aromatic nitrogens is 1. The minimum atomic E-state index is -0.503. The smallest absolute Gasteiger partial charge is 0.276 e. The number of amides is 1. The van der Waals surface area contributed by atoms with Gasteiger partial charge in [-0.25, -0.2) is 9.87 Å². The summed E-state index contributed by atoms with van der Waals surface area (Å²) in [5, 5.41) is 12.4. The van der Waals surface area contributed by atoms with Crippen LogP contribution >= 0.6 is 11.5 Å². The van der Waals surface area contributed by atoms with Crippen LogP contribution in [0.4, 0.5) is 15.8 Å². The Kier molecular flexibility index (Phi) is 7.66. The van der Waals surface area contributed by atoms with Crippen molar-refractivity contribution in [2.24, 2.45) is 0 Å². The van der Waals surface area contributed by atoms with Gasteiger partial charge in [-0.1, -0.05) is 19.9 Å². The number of nitrogens with one attached hydrogen (secondary N) is 2. The Bertz CT molecular complexity index is 914. The lowest BCUT2D eigenvalue weighted by atomic mass is 10.1. The molecule has 0 atom stereocenters. The van der Waals surface area contributed by atoms with Crippen LogP contribution < -0.4 is 10.8 Å². The molecule has 0 saturated heterocycles. The number of aryl methyl sites for hydroxylation is 1. The Labute approximate surface area is 161 Å². The number of halogens is 1. The van der Waals surface area contributed by atoms with Crippen LogP contribution in [-0.2, 0) is 4.84 Å². The lowest BCUT2D eigenvalue weighted by molar-refractivity contribution is 0.0169. The quantitative estimate of drug-likeness (QED) is 0.434. The summed E-state index contributed by atoms with van der Waals surface area (Å²) >= 11 is 1.28. The molecule has 0 bridgehead atoms. The summed E-state index contributed by atoms with van der Waals surface area (Å²) < 4.78 is 19.2. The maximum Gasteiger partial charge on any atom is 0.276 e. The van der Waals surface area contributed by atoms with Crippen LogP contribution in [0.1, 0.15) is 29.8 Å². The van der Waals surface area contributed by atoms with Crippen molar-refractivity contribution in [3.05, 3.63) is 53.5 Å². The van der Waals surface area contributed by atoms with Crippen molar-refractivity contribution in [2.45, 2.75) is 20.8 Å². The summed E-state index contributed by atoms with van der Waals surface area (Å²) in [5.74, 6) is -0.917. The van der Waals surface area contributed by atoms with Crippen molar-refractivity contribution >= 4 is 38.9 Å². The number of rotatable bonds is 6. The molecule has 0 aliphatic carbocycles. The molecule has 0 aliphatic heterocycles. The number of hydrogen-bond donors (Lipinski definition) is 3. The highest BCUT2D eigenvalue weighted by Crippen LogP contribution is 2.33. The molecule has 1 aromatic heterocycles. The Morgan fingerprint density at radius 1 is 1.30 bits per heavy atom. The highest BCUT2D eigenvalue weighted by atomic mass is 32.1. The predicted molar refractivity (Wildman–Crippen MR) is 106 cm³/mol. The molecule has 0 aliphatic rings. The van der Waals surface area contributed by atoms with E-state index in [0.717, 1.165) is 10.3 Å². The summed E-state index contributed by atoms with van der Waals surface area (Å²) in [4.78, 5) is 17.2. The van der Waals surface area contributed by atoms with E-state index in [1.165, 1.54) is 17.6 Å². The first-order valence-electron chi connectivity index (χ1n) is 8.53. The van der Waals surface area contributed by atoms with E-state index in [1.54, 1.807) is 37.4 Å². The van der Waals surface area contributed by atoms with E-state index in [2.05, 4.69) is 15.2 Å². The molecule has 0 saturated carbocycles. The standard InChI is InChI=1S/C17H16FN3O3S.C2H6/c1-10-2-4-14(13(18)8-10)20-16-11(17(23)21-24-7-6-22)3-5-15-12(16)9-19-25-15;1-2/h2-5,8-9,20,22H,6-7H2,1H3,(H,21,23);1-2H3. The van der Waals surface area contributed by atoms with E-state index < -0.39 is 11.7 Å². The molecule has 0 spiro atoms. The van der Waals surface area contributed by atoms with Crippen molar-refractivity contribution in [2.75, 3.05) is 18.5 Å². The molecule has 3 rings (SSSR count). The van der Waals surface area contributed by atoms with E-state index in [0.29, 0.717) is 11.1 Å². The summed E-state index contributed by atoms with van der Waals surface area (Å²) in [6, 6.07) is 8.20. The number of benzene rings is 2. The van der Waals surface area contributed by atoms with Crippen molar-refractivity contribution in [3.8, 4) is 0 Å². The van der Waals surface area contributed by atoms with Crippen LogP contribution in [0.15, 0.2) is 36.5 Å². The fourth-order valence-electron chi connectivity index (χ4n) is 2.34. The molecule has 0 unspecified atom stereocenters. The van der Waals surface area contributed by atoms with Gasteiger partial charge in [-0.05, 0) is 48.3 Å². The number of carbonyl (C=O) groups is 1. The topological polar surface area (TPSA) is 83.5 Å². The van der Waals surface area contributed by atoms with Gasteiger partial charge in [0.05, 0.1) is 41.0 Å². The highest BCUT2D eigenvalue weighted by Gasteiger charge is 2.17. The van der Waals surface area contributed by atoms with Gasteiger partial charge in [0.25, 0.3) is 5.91 Å². The zero-order chi connectivity index (χ0) is 19.8. The maximum atomic E-state index is 14.2. The van der Waals surface area contributed by atoms with Crippen LogP contribution in [0.25, 0.3) is 10.1 Å². The molecule has 8 heteroatoms. The number of aliphatic hydroxyl groups is 1. The molecule has 1 amide bonds. The van der Waals surface area contributed by atoms with Gasteiger partial charge in [-0.15, -0.1) is 0 Å². The van der Waals surface area contributed by atoms with Crippen LogP contribution in [0.2, 0.25) is 0 Å². The Morgan fingerprint density at radius 3 is 2.78 bits per heavy atom. The Morgan fingerprint density at radius 2 is 2.07 bits per heavy atom. The first-order valence-corrected chi connectivity index (χ1v) is 9.31. The first kappa shape index (κ1) is 20.8. The van der Waals surface area contributed by atoms with Crippen LogP contribution in [0, 0.1) is 12.7 Å². The Balaban J connectivity index is 0.00000126. The second-order valence-electron chi connectivity index (χ2n) is 5.34. The van der Waals surface area contributed by atoms with E-state index in [4.69, 9.17) is 9.94 Å². The lowest BCUT2D eigenvalue weighted by Gasteiger charge is -2.14. The van der Waals surface area contributed by atoms with Gasteiger partial charge in [0, 0.05) is 5.39 Å². The molecular formula is C19H22FN3O3S. The zero-order valence-corrected chi connectivity index (χ0v) is 16.2. The summed E-state index contributed by atoms with van der Waals surface area (Å²) in [6.07, 6.45) is 1.62. The van der Waals surface area contributed by atoms with Gasteiger partial charge in [-0.3, -0.25) is 9.63 Å². The zero-order valence-electron chi connectivity index (χ0n) is 15.4. The number of hydroxylamine groups is 1. The molecule has 27 heavy (non-hydrogen) atoms. The van der Waals surface area contributed by atoms with Crippen molar-refractivity contribution in [3.63, 3.8) is 0 Å². The molecule has 6 nitrogen and oxygen atoms in total. The van der Waals surface area contributed by atoms with E-state index in [9.17, 15) is 9.18 Å². The summed E-state index contributed by atoms with van der Waals surface area (Å²) in [5.41, 5.74) is 4.04. The second-order valence-corrected chi connectivity index (χ2v) is 6.17. The number of hydrogen-bond acceptors (Lipinski definition) is 6. The molecule has 1 heterocycles. The summed E-state index contributed by atoms with van der Waals surface area (Å²) in [7, 11) is 0. The third kappa shape index (κ3) is 5.00. The molecule has 3 N–H and O–H groups in total. The van der Waals surface area contributed by atoms with Gasteiger partial charge < -0.3 is 10.4 Å². The number of anilines is 2. The normalized spacial score (nSPS) is 10.3. The molecule has 0 fully saturated rings. The van der Waals surface area contributed by atoms with Gasteiger partial charge in [0.15, 0.2) is 0 Å². The first-order chi connectivity index (χ1) is 13.1. The second kappa shape index (κ2) is 9.96. The third-order valence-corrected chi connectivity index (χ3v) is 4.29. The minimum Gasteiger partial charge on any atom is -0.394 e. The van der Waals surface area contributed by atoms with E-state index >= 15 is 0 Å². The molecule has 0 radical (unpaired) electrons. The van der Waals surface area contributed by atoms with Crippen LogP contribution in [0.5, 0.6) is 0 Å². The van der Waals surface area contributed by atoms with Crippen molar-refractivity contribution in [1.29, 1.82) is 0 Å². The number of aliphatic hydroxyl groups excluding tert-OH is 1. The SMILES string of the molecule is CC.Cc1ccc(Nc2c(C(=O)NOCCO)ccc3sncc23)c(F)c1. The maximum absolute atomic E-state index is 14.2. The molecular weight excluding hydrogens is 369 g/mol. The van der Waals surface area contributed by atoms with Crippen LogP contribution in [0.3, 0.4) is 0 Å². The predicted octanol–water partition coefficient (Wildman–Crippen LogP) is 4.17. The fourth-order valence-corrected chi connectivity index (χ4v) is 2.99. The van der Waals surface area contributed by atoms with Crippen molar-refractivity contribution < 1.29 is 19.1 Å². The number of carbonyl (C=O) groups excluding carboxylic acids is 1. The summed E-state index contributed by atoms with van der Waals surface area (Å²) in [6.45, 7) is 5.56. The van der Waals surface area contributed by atoms with Crippen molar-refractivity contribution in [1.82, 2.24) is 9.85 Å². The number of fused-ring (bicyclic) bond motifs is 1. The molecule has 2 aromatic carbocycles. The van der Waals surface area contributed by atoms with Gasteiger partial charge >= 0.3 is 0 Å². The van der Waals surface area contributed by atoms with Gasteiger partial charge in [0.2, 0.25) is 0 Å². The van der Waals surface area contributed by atoms with Gasteiger partial charge in [0.1, 0.15) is 5.82 Å². The van der Waals surface area contributed by atoms with E-state index in [-0.39, 0.29) is 24.5 Å². The average molecular weight is 391 g/mol. The largest absolute Gasteiger partial charge is 0.394 e. The fraction of sp³-hybridized carbons (Fsp3) is 0.263. The highest BCUT2D eigenvalue weighted by molar-refractivity contribution is 7.13. The molecule has 3 aromatic rings. The van der Waals surface area contributed by atoms with Gasteiger partial charge in [-0.2, -0.15) is 4.37 Å². The molecule has 144 valence electrons.